The Morgan fingerprint density at radius 2 is 1.64 bits per heavy atom. The topological polar surface area (TPSA) is 51.1 Å². The van der Waals surface area contributed by atoms with Crippen LogP contribution >= 0.6 is 11.6 Å². The lowest BCUT2D eigenvalue weighted by molar-refractivity contribution is -0.113. The van der Waals surface area contributed by atoms with E-state index in [-0.39, 0.29) is 5.91 Å². The number of nitrogens with zero attached hydrogens (tertiary/aromatic N) is 2. The summed E-state index contributed by atoms with van der Waals surface area (Å²) in [6.45, 7) is 6.91. The van der Waals surface area contributed by atoms with E-state index >= 15 is 0 Å². The number of hydrogen-bond acceptors (Lipinski definition) is 4. The predicted octanol–water partition coefficient (Wildman–Crippen LogP) is 6.28. The molecule has 168 valence electrons. The molecule has 33 heavy (non-hydrogen) atoms. The number of aryl methyl sites for hydroxylation is 1. The van der Waals surface area contributed by atoms with Gasteiger partial charge in [-0.15, -0.1) is 0 Å². The molecule has 1 heterocycles. The summed E-state index contributed by atoms with van der Waals surface area (Å²) in [6, 6.07) is 20.7. The number of ether oxygens (including phenoxy) is 2. The van der Waals surface area contributed by atoms with Gasteiger partial charge in [0.1, 0.15) is 11.5 Å². The number of rotatable bonds is 7. The average Bonchev–Trinajstić information content (AvgIpc) is 3.12. The van der Waals surface area contributed by atoms with Crippen LogP contribution in [0.2, 0.25) is 5.02 Å². The Hall–Kier alpha value is -3.57. The van der Waals surface area contributed by atoms with Crippen molar-refractivity contribution < 1.29 is 14.3 Å². The summed E-state index contributed by atoms with van der Waals surface area (Å²) in [5.41, 5.74) is 3.78. The highest BCUT2D eigenvalue weighted by Crippen LogP contribution is 2.32. The van der Waals surface area contributed by atoms with Crippen molar-refractivity contribution >= 4 is 35.1 Å². The summed E-state index contributed by atoms with van der Waals surface area (Å²) < 4.78 is 11.4. The van der Waals surface area contributed by atoms with E-state index in [9.17, 15) is 4.79 Å². The van der Waals surface area contributed by atoms with E-state index in [2.05, 4.69) is 0 Å². The van der Waals surface area contributed by atoms with Gasteiger partial charge in [0.25, 0.3) is 5.91 Å². The minimum absolute atomic E-state index is 0.206. The molecule has 0 aliphatic carbocycles. The fourth-order valence-corrected chi connectivity index (χ4v) is 3.79. The van der Waals surface area contributed by atoms with E-state index in [1.54, 1.807) is 23.1 Å². The molecule has 0 N–H and O–H groups in total. The van der Waals surface area contributed by atoms with E-state index in [1.807, 2.05) is 75.4 Å². The van der Waals surface area contributed by atoms with Gasteiger partial charge in [-0.3, -0.25) is 9.69 Å². The number of carbonyl (C=O) groups excluding carboxylic acids is 1. The maximum absolute atomic E-state index is 13.5. The summed E-state index contributed by atoms with van der Waals surface area (Å²) in [4.78, 5) is 19.9. The summed E-state index contributed by atoms with van der Waals surface area (Å²) in [5, 5.41) is 0.605. The molecule has 0 aromatic heterocycles. The van der Waals surface area contributed by atoms with Gasteiger partial charge < -0.3 is 9.47 Å². The number of anilines is 1. The third-order valence-corrected chi connectivity index (χ3v) is 5.45. The smallest absolute Gasteiger partial charge is 0.282 e. The van der Waals surface area contributed by atoms with Gasteiger partial charge in [-0.05, 0) is 74.4 Å². The molecule has 3 aromatic rings. The minimum atomic E-state index is -0.206. The van der Waals surface area contributed by atoms with Gasteiger partial charge in [0.15, 0.2) is 11.5 Å². The van der Waals surface area contributed by atoms with Crippen LogP contribution in [0, 0.1) is 6.92 Å². The lowest BCUT2D eigenvalue weighted by atomic mass is 10.1. The molecule has 1 amide bonds. The van der Waals surface area contributed by atoms with Gasteiger partial charge >= 0.3 is 0 Å². The van der Waals surface area contributed by atoms with Crippen LogP contribution in [0.15, 0.2) is 77.4 Å². The van der Waals surface area contributed by atoms with Crippen LogP contribution in [0.1, 0.15) is 30.5 Å². The van der Waals surface area contributed by atoms with E-state index < -0.39 is 0 Å². The molecule has 0 radical (unpaired) electrons. The predicted molar refractivity (Wildman–Crippen MR) is 133 cm³/mol. The van der Waals surface area contributed by atoms with Crippen molar-refractivity contribution in [3.63, 3.8) is 0 Å². The second-order valence-corrected chi connectivity index (χ2v) is 7.91. The number of hydrogen-bond donors (Lipinski definition) is 0. The molecule has 4 rings (SSSR count). The highest BCUT2D eigenvalue weighted by molar-refractivity contribution is 6.34. The maximum Gasteiger partial charge on any atom is 0.282 e. The Labute approximate surface area is 198 Å². The number of aliphatic imine (C=N–C) groups is 1. The highest BCUT2D eigenvalue weighted by atomic mass is 35.5. The molecule has 5 nitrogen and oxygen atoms in total. The zero-order valence-electron chi connectivity index (χ0n) is 18.8. The molecule has 0 saturated heterocycles. The van der Waals surface area contributed by atoms with Crippen LogP contribution in [0.3, 0.4) is 0 Å². The van der Waals surface area contributed by atoms with Gasteiger partial charge in [-0.25, -0.2) is 4.99 Å². The molecular weight excluding hydrogens is 436 g/mol. The first-order chi connectivity index (χ1) is 16.0. The number of amidine groups is 1. The van der Waals surface area contributed by atoms with Crippen molar-refractivity contribution in [1.82, 2.24) is 0 Å². The molecule has 0 spiro atoms. The Kier molecular flexibility index (Phi) is 6.80. The van der Waals surface area contributed by atoms with Crippen LogP contribution in [0.5, 0.6) is 11.5 Å². The summed E-state index contributed by atoms with van der Waals surface area (Å²) in [6.07, 6.45) is 1.77. The van der Waals surface area contributed by atoms with Gasteiger partial charge in [0.05, 0.1) is 18.9 Å². The molecule has 6 heteroatoms. The van der Waals surface area contributed by atoms with Crippen molar-refractivity contribution in [2.24, 2.45) is 4.99 Å². The second-order valence-electron chi connectivity index (χ2n) is 7.47. The molecule has 3 aromatic carbocycles. The number of amides is 1. The summed E-state index contributed by atoms with van der Waals surface area (Å²) >= 11 is 6.08. The summed E-state index contributed by atoms with van der Waals surface area (Å²) in [5.74, 6) is 1.69. The van der Waals surface area contributed by atoms with E-state index in [1.165, 1.54) is 0 Å². The molecule has 0 fully saturated rings. The van der Waals surface area contributed by atoms with Gasteiger partial charge in [0.2, 0.25) is 0 Å². The third kappa shape index (κ3) is 4.78. The fourth-order valence-electron chi connectivity index (χ4n) is 3.67. The van der Waals surface area contributed by atoms with Crippen LogP contribution in [0.25, 0.3) is 6.08 Å². The lowest BCUT2D eigenvalue weighted by Gasteiger charge is -2.19. The highest BCUT2D eigenvalue weighted by Gasteiger charge is 2.33. The average molecular weight is 461 g/mol. The van der Waals surface area contributed by atoms with E-state index in [0.29, 0.717) is 47.0 Å². The minimum Gasteiger partial charge on any atom is -0.490 e. The molecule has 0 unspecified atom stereocenters. The standard InChI is InChI=1S/C27H25ClN2O3/c1-4-32-24-15-10-19(17-25(24)33-5-2)16-23-27(31)30(21-13-11-20(28)12-14-21)26(29-23)22-9-7-6-8-18(22)3/h6-17H,4-5H2,1-3H3/b23-16+. The van der Waals surface area contributed by atoms with E-state index in [0.717, 1.165) is 16.7 Å². The van der Waals surface area contributed by atoms with Crippen LogP contribution in [-0.4, -0.2) is 25.0 Å². The first-order valence-electron chi connectivity index (χ1n) is 10.9. The van der Waals surface area contributed by atoms with Crippen molar-refractivity contribution in [3.05, 3.63) is 94.1 Å². The molecule has 0 atom stereocenters. The van der Waals surface area contributed by atoms with Crippen LogP contribution < -0.4 is 14.4 Å². The van der Waals surface area contributed by atoms with Crippen molar-refractivity contribution in [2.75, 3.05) is 18.1 Å². The van der Waals surface area contributed by atoms with Crippen LogP contribution in [0.4, 0.5) is 5.69 Å². The number of benzene rings is 3. The van der Waals surface area contributed by atoms with Gasteiger partial charge in [-0.2, -0.15) is 0 Å². The zero-order valence-corrected chi connectivity index (χ0v) is 19.6. The third-order valence-electron chi connectivity index (χ3n) is 5.20. The lowest BCUT2D eigenvalue weighted by Crippen LogP contribution is -2.33. The van der Waals surface area contributed by atoms with Crippen molar-refractivity contribution in [1.29, 1.82) is 0 Å². The quantitative estimate of drug-likeness (QED) is 0.390. The normalized spacial score (nSPS) is 14.5. The zero-order chi connectivity index (χ0) is 23.4. The van der Waals surface area contributed by atoms with Crippen molar-refractivity contribution in [3.8, 4) is 11.5 Å². The van der Waals surface area contributed by atoms with Crippen LogP contribution in [-0.2, 0) is 4.79 Å². The Bertz CT molecular complexity index is 1230. The number of halogens is 1. The van der Waals surface area contributed by atoms with E-state index in [4.69, 9.17) is 26.1 Å². The number of carbonyl (C=O) groups is 1. The molecule has 0 saturated carbocycles. The Balaban J connectivity index is 1.79. The SMILES string of the molecule is CCOc1ccc(/C=C2/N=C(c3ccccc3C)N(c3ccc(Cl)cc3)C2=O)cc1OCC. The monoisotopic (exact) mass is 460 g/mol. The molecule has 1 aliphatic heterocycles. The molecule has 1 aliphatic rings. The molecule has 0 bridgehead atoms. The Morgan fingerprint density at radius 1 is 0.939 bits per heavy atom. The fraction of sp³-hybridized carbons (Fsp3) is 0.185. The first kappa shape index (κ1) is 22.6. The maximum atomic E-state index is 13.5. The first-order valence-corrected chi connectivity index (χ1v) is 11.3. The summed E-state index contributed by atoms with van der Waals surface area (Å²) in [7, 11) is 0. The van der Waals surface area contributed by atoms with Gasteiger partial charge in [0, 0.05) is 10.6 Å². The largest absolute Gasteiger partial charge is 0.490 e. The van der Waals surface area contributed by atoms with Gasteiger partial charge in [-0.1, -0.05) is 41.9 Å². The van der Waals surface area contributed by atoms with Crippen molar-refractivity contribution in [2.45, 2.75) is 20.8 Å². The second kappa shape index (κ2) is 9.92. The molecular formula is C27H25ClN2O3. The Morgan fingerprint density at radius 3 is 2.33 bits per heavy atom.